The van der Waals surface area contributed by atoms with Crippen LogP contribution in [-0.2, 0) is 4.79 Å². The molecule has 0 aliphatic heterocycles. The zero-order chi connectivity index (χ0) is 21.0. The summed E-state index contributed by atoms with van der Waals surface area (Å²) in [5.74, 6) is -0.390. The molecule has 2 N–H and O–H groups in total. The maximum absolute atomic E-state index is 12.2. The van der Waals surface area contributed by atoms with E-state index in [1.165, 1.54) is 25.6 Å². The summed E-state index contributed by atoms with van der Waals surface area (Å²) in [6.45, 7) is 0.102. The molecule has 3 rings (SSSR count). The number of carboxylic acid groups (broad SMARTS) is 1. The van der Waals surface area contributed by atoms with Crippen LogP contribution in [-0.4, -0.2) is 29.8 Å². The monoisotopic (exact) mass is 438 g/mol. The molecule has 0 spiro atoms. The van der Waals surface area contributed by atoms with Crippen LogP contribution in [0.2, 0.25) is 10.0 Å². The second-order valence-corrected chi connectivity index (χ2v) is 6.72. The van der Waals surface area contributed by atoms with E-state index in [0.29, 0.717) is 22.5 Å². The summed E-state index contributed by atoms with van der Waals surface area (Å²) in [6.07, 6.45) is 3.06. The van der Waals surface area contributed by atoms with E-state index in [-0.39, 0.29) is 40.8 Å². The highest BCUT2D eigenvalue weighted by molar-refractivity contribution is 6.39. The second-order valence-electron chi connectivity index (χ2n) is 5.90. The summed E-state index contributed by atoms with van der Waals surface area (Å²) in [7, 11) is 1.45. The van der Waals surface area contributed by atoms with Crippen LogP contribution in [0.25, 0.3) is 11.0 Å². The summed E-state index contributed by atoms with van der Waals surface area (Å²) in [6, 6.07) is 4.60. The average Bonchev–Trinajstić information content (AvgIpc) is 2.67. The smallest absolute Gasteiger partial charge is 0.338 e. The molecule has 0 amide bonds. The summed E-state index contributed by atoms with van der Waals surface area (Å²) >= 11 is 12.3. The Hall–Kier alpha value is -2.97. The van der Waals surface area contributed by atoms with Crippen molar-refractivity contribution in [2.45, 2.75) is 12.8 Å². The lowest BCUT2D eigenvalue weighted by Gasteiger charge is -2.15. The Kier molecular flexibility index (Phi) is 6.46. The van der Waals surface area contributed by atoms with Gasteiger partial charge in [-0.3, -0.25) is 9.78 Å². The number of hydrogen-bond donors (Lipinski definition) is 2. The molecule has 0 bridgehead atoms. The highest BCUT2D eigenvalue weighted by Crippen LogP contribution is 2.40. The number of anilines is 2. The minimum atomic E-state index is -0.928. The number of methoxy groups -OCH3 is 1. The summed E-state index contributed by atoms with van der Waals surface area (Å²) in [5, 5.41) is 12.9. The zero-order valence-corrected chi connectivity index (χ0v) is 16.7. The molecule has 2 heterocycles. The van der Waals surface area contributed by atoms with Gasteiger partial charge in [-0.1, -0.05) is 23.2 Å². The maximum Gasteiger partial charge on any atom is 0.338 e. The molecule has 152 valence electrons. The fourth-order valence-corrected chi connectivity index (χ4v) is 3.11. The summed E-state index contributed by atoms with van der Waals surface area (Å²) < 4.78 is 16.3. The number of nitrogens with zero attached hydrogens (tertiary/aromatic N) is 1. The summed E-state index contributed by atoms with van der Waals surface area (Å²) in [4.78, 5) is 26.8. The predicted octanol–water partition coefficient (Wildman–Crippen LogP) is 4.49. The SMILES string of the molecule is COc1ccc2c(Nc3c(Cl)cncc3Cl)cc(=O)oc2c1OCCCC(=O)O. The molecule has 0 atom stereocenters. The van der Waals surface area contributed by atoms with Gasteiger partial charge in [0.25, 0.3) is 0 Å². The fourth-order valence-electron chi connectivity index (χ4n) is 2.65. The number of fused-ring (bicyclic) bond motifs is 1. The average molecular weight is 439 g/mol. The van der Waals surface area contributed by atoms with Crippen molar-refractivity contribution in [3.63, 3.8) is 0 Å². The van der Waals surface area contributed by atoms with Crippen molar-refractivity contribution in [1.29, 1.82) is 0 Å². The molecule has 0 aliphatic carbocycles. The van der Waals surface area contributed by atoms with Crippen LogP contribution in [0.3, 0.4) is 0 Å². The van der Waals surface area contributed by atoms with Gasteiger partial charge in [0, 0.05) is 30.3 Å². The molecule has 3 aromatic rings. The number of carboxylic acids is 1. The quantitative estimate of drug-likeness (QED) is 0.390. The van der Waals surface area contributed by atoms with E-state index in [9.17, 15) is 9.59 Å². The van der Waals surface area contributed by atoms with Crippen molar-refractivity contribution >= 4 is 51.5 Å². The number of aliphatic carboxylic acids is 1. The highest BCUT2D eigenvalue weighted by atomic mass is 35.5. The molecule has 1 aromatic carbocycles. The van der Waals surface area contributed by atoms with E-state index in [2.05, 4.69) is 10.3 Å². The largest absolute Gasteiger partial charge is 0.493 e. The topological polar surface area (TPSA) is 111 Å². The molecule has 0 aliphatic rings. The van der Waals surface area contributed by atoms with E-state index < -0.39 is 11.6 Å². The minimum Gasteiger partial charge on any atom is -0.493 e. The van der Waals surface area contributed by atoms with Crippen LogP contribution < -0.4 is 20.4 Å². The van der Waals surface area contributed by atoms with Crippen LogP contribution in [0.15, 0.2) is 39.8 Å². The molecular formula is C19H16Cl2N2O6. The van der Waals surface area contributed by atoms with Crippen LogP contribution in [0.1, 0.15) is 12.8 Å². The van der Waals surface area contributed by atoms with Gasteiger partial charge in [0.15, 0.2) is 11.3 Å². The van der Waals surface area contributed by atoms with E-state index in [1.807, 2.05) is 0 Å². The first-order valence-corrected chi connectivity index (χ1v) is 9.21. The van der Waals surface area contributed by atoms with Gasteiger partial charge in [-0.05, 0) is 18.6 Å². The fraction of sp³-hybridized carbons (Fsp3) is 0.211. The molecule has 2 aromatic heterocycles. The van der Waals surface area contributed by atoms with Gasteiger partial charge >= 0.3 is 11.6 Å². The third kappa shape index (κ3) is 4.72. The molecule has 10 heteroatoms. The van der Waals surface area contributed by atoms with Crippen LogP contribution in [0, 0.1) is 0 Å². The minimum absolute atomic E-state index is 0.0527. The Labute approximate surface area is 175 Å². The summed E-state index contributed by atoms with van der Waals surface area (Å²) in [5.41, 5.74) is 0.292. The first kappa shape index (κ1) is 20.8. The number of rotatable bonds is 8. The molecule has 29 heavy (non-hydrogen) atoms. The molecule has 0 saturated carbocycles. The van der Waals surface area contributed by atoms with E-state index in [1.54, 1.807) is 12.1 Å². The van der Waals surface area contributed by atoms with Gasteiger partial charge in [-0.2, -0.15) is 0 Å². The van der Waals surface area contributed by atoms with Crippen LogP contribution in [0.5, 0.6) is 11.5 Å². The highest BCUT2D eigenvalue weighted by Gasteiger charge is 2.18. The molecule has 8 nitrogen and oxygen atoms in total. The van der Waals surface area contributed by atoms with Gasteiger partial charge in [0.05, 0.1) is 35.1 Å². The van der Waals surface area contributed by atoms with Crippen molar-refractivity contribution in [3.8, 4) is 11.5 Å². The molecule has 0 radical (unpaired) electrons. The van der Waals surface area contributed by atoms with Gasteiger partial charge in [0.1, 0.15) is 0 Å². The molecule has 0 saturated heterocycles. The Bertz CT molecular complexity index is 1100. The lowest BCUT2D eigenvalue weighted by atomic mass is 10.1. The molecule has 0 fully saturated rings. The predicted molar refractivity (Wildman–Crippen MR) is 109 cm³/mol. The molecular weight excluding hydrogens is 423 g/mol. The van der Waals surface area contributed by atoms with Gasteiger partial charge in [-0.25, -0.2) is 4.79 Å². The van der Waals surface area contributed by atoms with E-state index in [4.69, 9.17) is 42.2 Å². The Morgan fingerprint density at radius 3 is 2.66 bits per heavy atom. The standard InChI is InChI=1S/C19H16Cl2N2O6/c1-27-14-5-4-10-13(23-17-11(20)8-22-9-12(17)21)7-16(26)29-18(10)19(14)28-6-2-3-15(24)25/h4-5,7-9H,2-3,6H2,1H3,(H,22,23)(H,24,25). The van der Waals surface area contributed by atoms with Crippen LogP contribution in [0.4, 0.5) is 11.4 Å². The van der Waals surface area contributed by atoms with E-state index >= 15 is 0 Å². The lowest BCUT2D eigenvalue weighted by Crippen LogP contribution is -2.06. The number of carbonyl (C=O) groups is 1. The Balaban J connectivity index is 2.05. The third-order valence-corrected chi connectivity index (χ3v) is 4.52. The number of hydrogen-bond acceptors (Lipinski definition) is 7. The Morgan fingerprint density at radius 2 is 2.00 bits per heavy atom. The Morgan fingerprint density at radius 1 is 1.28 bits per heavy atom. The number of nitrogens with one attached hydrogen (secondary N) is 1. The maximum atomic E-state index is 12.2. The lowest BCUT2D eigenvalue weighted by molar-refractivity contribution is -0.137. The normalized spacial score (nSPS) is 10.7. The van der Waals surface area contributed by atoms with Gasteiger partial charge in [0.2, 0.25) is 5.75 Å². The number of halogens is 2. The number of pyridine rings is 1. The van der Waals surface area contributed by atoms with Crippen molar-refractivity contribution < 1.29 is 23.8 Å². The van der Waals surface area contributed by atoms with Crippen molar-refractivity contribution in [2.24, 2.45) is 0 Å². The zero-order valence-electron chi connectivity index (χ0n) is 15.2. The van der Waals surface area contributed by atoms with Crippen molar-refractivity contribution in [1.82, 2.24) is 4.98 Å². The number of aromatic nitrogens is 1. The first-order chi connectivity index (χ1) is 13.9. The van der Waals surface area contributed by atoms with Gasteiger partial charge < -0.3 is 24.3 Å². The first-order valence-electron chi connectivity index (χ1n) is 8.46. The van der Waals surface area contributed by atoms with Crippen molar-refractivity contribution in [2.75, 3.05) is 19.0 Å². The van der Waals surface area contributed by atoms with E-state index in [0.717, 1.165) is 0 Å². The van der Waals surface area contributed by atoms with Gasteiger partial charge in [-0.15, -0.1) is 0 Å². The number of ether oxygens (including phenoxy) is 2. The number of benzene rings is 1. The van der Waals surface area contributed by atoms with Crippen molar-refractivity contribution in [3.05, 3.63) is 51.1 Å². The third-order valence-electron chi connectivity index (χ3n) is 3.95. The second kappa shape index (κ2) is 9.02. The molecule has 0 unspecified atom stereocenters. The van der Waals surface area contributed by atoms with Crippen LogP contribution >= 0.6 is 23.2 Å².